The second kappa shape index (κ2) is 9.95. The third-order valence-electron chi connectivity index (χ3n) is 6.47. The number of nitrogens with zero attached hydrogens (tertiary/aromatic N) is 4. The maximum atomic E-state index is 12.1. The van der Waals surface area contributed by atoms with E-state index in [2.05, 4.69) is 41.4 Å². The molecule has 37 heavy (non-hydrogen) atoms. The summed E-state index contributed by atoms with van der Waals surface area (Å²) in [5.74, 6) is 0.421. The minimum Gasteiger partial charge on any atom is -0.479 e. The lowest BCUT2D eigenvalue weighted by atomic mass is 9.77. The summed E-state index contributed by atoms with van der Waals surface area (Å²) < 4.78 is 7.60. The quantitative estimate of drug-likeness (QED) is 0.200. The minimum absolute atomic E-state index is 0.147. The summed E-state index contributed by atoms with van der Waals surface area (Å²) >= 11 is 6.53. The highest BCUT2D eigenvalue weighted by Gasteiger charge is 2.42. The molecule has 0 spiro atoms. The molecule has 1 amide bonds. The molecule has 2 heterocycles. The first-order valence-corrected chi connectivity index (χ1v) is 12.2. The van der Waals surface area contributed by atoms with Crippen LogP contribution in [-0.4, -0.2) is 39.6 Å². The molecule has 0 bridgehead atoms. The van der Waals surface area contributed by atoms with Gasteiger partial charge < -0.3 is 9.84 Å². The van der Waals surface area contributed by atoms with Gasteiger partial charge in [-0.05, 0) is 23.6 Å². The molecule has 0 aliphatic heterocycles. The number of fused-ring (bicyclic) bond motifs is 1. The van der Waals surface area contributed by atoms with Gasteiger partial charge in [-0.2, -0.15) is 0 Å². The van der Waals surface area contributed by atoms with Gasteiger partial charge in [0.15, 0.2) is 5.82 Å². The Kier molecular flexibility index (Phi) is 6.54. The molecule has 0 saturated heterocycles. The first-order valence-electron chi connectivity index (χ1n) is 11.8. The van der Waals surface area contributed by atoms with Gasteiger partial charge in [-0.25, -0.2) is 14.5 Å². The molecule has 0 aliphatic rings. The molecule has 0 atom stereocenters. The number of rotatable bonds is 7. The number of amides is 1. The molecule has 8 heteroatoms. The minimum atomic E-state index is -1.14. The molecular formula is C29H25ClN4O3. The predicted molar refractivity (Wildman–Crippen MR) is 145 cm³/mol. The van der Waals surface area contributed by atoms with E-state index in [4.69, 9.17) is 21.4 Å². The van der Waals surface area contributed by atoms with E-state index in [0.717, 1.165) is 21.6 Å². The molecule has 186 valence electrons. The number of anilines is 1. The highest BCUT2D eigenvalue weighted by atomic mass is 35.5. The monoisotopic (exact) mass is 512 g/mol. The number of hydrogen-bond donors (Lipinski definition) is 1. The van der Waals surface area contributed by atoms with E-state index >= 15 is 0 Å². The maximum Gasteiger partial charge on any atom is 0.413 e. The highest BCUT2D eigenvalue weighted by molar-refractivity contribution is 6.30. The number of halogens is 1. The molecule has 1 N–H and O–H groups in total. The summed E-state index contributed by atoms with van der Waals surface area (Å²) in [6, 6.07) is 31.9. The van der Waals surface area contributed by atoms with E-state index in [1.54, 1.807) is 13.0 Å². The van der Waals surface area contributed by atoms with E-state index < -0.39 is 11.6 Å². The van der Waals surface area contributed by atoms with Gasteiger partial charge in [0.05, 0.1) is 12.6 Å². The first kappa shape index (κ1) is 24.3. The SMILES string of the molecule is CCN(C(=O)O)c1nc(Cl)cc2c1c(OC)nn2C(c1ccccc1)(c1ccccc1)c1ccccc1. The van der Waals surface area contributed by atoms with Crippen molar-refractivity contribution in [1.29, 1.82) is 0 Å². The van der Waals surface area contributed by atoms with Crippen LogP contribution in [0.3, 0.4) is 0 Å². The Hall–Kier alpha value is -4.36. The van der Waals surface area contributed by atoms with Gasteiger partial charge in [0.1, 0.15) is 16.1 Å². The summed E-state index contributed by atoms with van der Waals surface area (Å²) in [6.45, 7) is 1.91. The van der Waals surface area contributed by atoms with Crippen LogP contribution in [-0.2, 0) is 5.54 Å². The van der Waals surface area contributed by atoms with E-state index in [1.807, 2.05) is 59.3 Å². The first-order chi connectivity index (χ1) is 18.0. The summed E-state index contributed by atoms with van der Waals surface area (Å²) in [7, 11) is 1.51. The molecule has 0 saturated carbocycles. The van der Waals surface area contributed by atoms with Crippen molar-refractivity contribution in [3.63, 3.8) is 0 Å². The Morgan fingerprint density at radius 1 is 0.946 bits per heavy atom. The second-order valence-electron chi connectivity index (χ2n) is 8.42. The topological polar surface area (TPSA) is 80.5 Å². The molecule has 3 aromatic carbocycles. The molecule has 5 rings (SSSR count). The van der Waals surface area contributed by atoms with Crippen molar-refractivity contribution in [2.45, 2.75) is 12.5 Å². The lowest BCUT2D eigenvalue weighted by Gasteiger charge is -2.36. The maximum absolute atomic E-state index is 12.1. The van der Waals surface area contributed by atoms with Crippen molar-refractivity contribution >= 4 is 34.4 Å². The average Bonchev–Trinajstić information content (AvgIpc) is 3.30. The van der Waals surface area contributed by atoms with Gasteiger partial charge in [-0.3, -0.25) is 4.90 Å². The van der Waals surface area contributed by atoms with Crippen LogP contribution in [0.1, 0.15) is 23.6 Å². The Morgan fingerprint density at radius 3 is 1.84 bits per heavy atom. The third kappa shape index (κ3) is 3.97. The van der Waals surface area contributed by atoms with E-state index in [9.17, 15) is 9.90 Å². The highest BCUT2D eigenvalue weighted by Crippen LogP contribution is 2.45. The molecule has 7 nitrogen and oxygen atoms in total. The number of aromatic nitrogens is 3. The zero-order valence-electron chi connectivity index (χ0n) is 20.4. The number of carboxylic acid groups (broad SMARTS) is 1. The number of hydrogen-bond acceptors (Lipinski definition) is 4. The van der Waals surface area contributed by atoms with Crippen LogP contribution in [0.15, 0.2) is 97.1 Å². The lowest BCUT2D eigenvalue weighted by Crippen LogP contribution is -2.38. The molecule has 0 radical (unpaired) electrons. The number of ether oxygens (including phenoxy) is 1. The molecular weight excluding hydrogens is 488 g/mol. The largest absolute Gasteiger partial charge is 0.479 e. The van der Waals surface area contributed by atoms with Gasteiger partial charge in [0.2, 0.25) is 5.88 Å². The standard InChI is InChI=1S/C29H25ClN4O3/c1-3-33(28(35)36)26-25-23(19-24(30)31-26)34(32-27(25)37-2)29(20-13-7-4-8-14-20,21-15-9-5-10-16-21)22-17-11-6-12-18-22/h4-19H,3H2,1-2H3,(H,35,36). The third-order valence-corrected chi connectivity index (χ3v) is 6.66. The number of pyridine rings is 1. The molecule has 2 aromatic heterocycles. The molecule has 0 unspecified atom stereocenters. The fraction of sp³-hybridized carbons (Fsp3) is 0.138. The van der Waals surface area contributed by atoms with E-state index in [1.165, 1.54) is 7.11 Å². The fourth-order valence-electron chi connectivity index (χ4n) is 4.93. The summed E-state index contributed by atoms with van der Waals surface area (Å²) in [5.41, 5.74) is 2.52. The Bertz CT molecular complexity index is 1440. The zero-order chi connectivity index (χ0) is 26.0. The number of benzene rings is 3. The van der Waals surface area contributed by atoms with Gasteiger partial charge >= 0.3 is 6.09 Å². The van der Waals surface area contributed by atoms with Crippen molar-refractivity contribution < 1.29 is 14.6 Å². The lowest BCUT2D eigenvalue weighted by molar-refractivity contribution is 0.202. The van der Waals surface area contributed by atoms with Crippen LogP contribution >= 0.6 is 11.6 Å². The van der Waals surface area contributed by atoms with Gasteiger partial charge in [0.25, 0.3) is 0 Å². The van der Waals surface area contributed by atoms with Gasteiger partial charge in [-0.15, -0.1) is 5.10 Å². The molecule has 0 fully saturated rings. The van der Waals surface area contributed by atoms with Crippen LogP contribution in [0.5, 0.6) is 5.88 Å². The van der Waals surface area contributed by atoms with Crippen molar-refractivity contribution in [2.75, 3.05) is 18.6 Å². The Labute approximate surface area is 219 Å². The van der Waals surface area contributed by atoms with Crippen LogP contribution in [0, 0.1) is 0 Å². The smallest absolute Gasteiger partial charge is 0.413 e. The summed E-state index contributed by atoms with van der Waals surface area (Å²) in [6.07, 6.45) is -1.14. The molecule has 0 aliphatic carbocycles. The van der Waals surface area contributed by atoms with Crippen molar-refractivity contribution in [2.24, 2.45) is 0 Å². The van der Waals surface area contributed by atoms with Crippen LogP contribution < -0.4 is 9.64 Å². The Morgan fingerprint density at radius 2 is 1.43 bits per heavy atom. The fourth-order valence-corrected chi connectivity index (χ4v) is 5.11. The predicted octanol–water partition coefficient (Wildman–Crippen LogP) is 6.44. The normalized spacial score (nSPS) is 11.4. The van der Waals surface area contributed by atoms with Crippen LogP contribution in [0.25, 0.3) is 10.9 Å². The average molecular weight is 513 g/mol. The van der Waals surface area contributed by atoms with E-state index in [-0.39, 0.29) is 23.4 Å². The van der Waals surface area contributed by atoms with Crippen molar-refractivity contribution in [1.82, 2.24) is 14.8 Å². The van der Waals surface area contributed by atoms with Gasteiger partial charge in [0, 0.05) is 12.6 Å². The van der Waals surface area contributed by atoms with Crippen LogP contribution in [0.4, 0.5) is 10.6 Å². The van der Waals surface area contributed by atoms with Crippen LogP contribution in [0.2, 0.25) is 5.15 Å². The van der Waals surface area contributed by atoms with E-state index in [0.29, 0.717) is 10.9 Å². The summed E-state index contributed by atoms with van der Waals surface area (Å²) in [5, 5.41) is 15.5. The van der Waals surface area contributed by atoms with Crippen molar-refractivity contribution in [3.8, 4) is 5.88 Å². The zero-order valence-corrected chi connectivity index (χ0v) is 21.1. The Balaban J connectivity index is 2.00. The van der Waals surface area contributed by atoms with Crippen molar-refractivity contribution in [3.05, 3.63) is 119 Å². The molecule has 5 aromatic rings. The summed E-state index contributed by atoms with van der Waals surface area (Å²) in [4.78, 5) is 17.7. The number of carbonyl (C=O) groups is 1. The second-order valence-corrected chi connectivity index (χ2v) is 8.81. The van der Waals surface area contributed by atoms with Gasteiger partial charge in [-0.1, -0.05) is 103 Å². The number of methoxy groups -OCH3 is 1.